The van der Waals surface area contributed by atoms with Crippen LogP contribution >= 0.6 is 0 Å². The fraction of sp³-hybridized carbons (Fsp3) is 0.0602. The number of hydrogen-bond donors (Lipinski definition) is 0. The fourth-order valence-corrected chi connectivity index (χ4v) is 14.5. The molecule has 0 amide bonds. The molecule has 85 heavy (non-hydrogen) atoms. The van der Waals surface area contributed by atoms with Crippen LogP contribution in [0.2, 0.25) is 0 Å². The Hall–Kier alpha value is -10.5. The van der Waals surface area contributed by atoms with Crippen molar-refractivity contribution in [1.29, 1.82) is 0 Å². The number of para-hydroxylation sites is 4. The van der Waals surface area contributed by atoms with Gasteiger partial charge >= 0.3 is 0 Å². The van der Waals surface area contributed by atoms with E-state index in [1.54, 1.807) is 0 Å². The molecule has 1 atom stereocenters. The average molecular weight is 1090 g/mol. The highest BCUT2D eigenvalue weighted by molar-refractivity contribution is 6.17. The van der Waals surface area contributed by atoms with E-state index in [0.29, 0.717) is 0 Å². The van der Waals surface area contributed by atoms with E-state index in [9.17, 15) is 0 Å². The van der Waals surface area contributed by atoms with Crippen LogP contribution in [-0.4, -0.2) is 0 Å². The Balaban J connectivity index is 0.918. The molecular formula is C83H60N2. The zero-order valence-corrected chi connectivity index (χ0v) is 47.8. The van der Waals surface area contributed by atoms with Crippen molar-refractivity contribution < 1.29 is 0 Å². The van der Waals surface area contributed by atoms with Crippen molar-refractivity contribution in [3.63, 3.8) is 0 Å². The van der Waals surface area contributed by atoms with Crippen LogP contribution in [0.5, 0.6) is 0 Å². The Morgan fingerprint density at radius 1 is 0.235 bits per heavy atom. The van der Waals surface area contributed by atoms with E-state index in [4.69, 9.17) is 0 Å². The smallest absolute Gasteiger partial charge is 0.0465 e. The molecule has 14 aromatic carbocycles. The number of fused-ring (bicyclic) bond motifs is 9. The molecule has 0 bridgehead atoms. The van der Waals surface area contributed by atoms with Gasteiger partial charge < -0.3 is 9.80 Å². The van der Waals surface area contributed by atoms with Gasteiger partial charge in [-0.05, 0) is 214 Å². The summed E-state index contributed by atoms with van der Waals surface area (Å²) in [7, 11) is 0. The average Bonchev–Trinajstić information content (AvgIpc) is 1.60. The van der Waals surface area contributed by atoms with Crippen LogP contribution in [0, 0.1) is 0 Å². The van der Waals surface area contributed by atoms with Gasteiger partial charge in [-0.15, -0.1) is 0 Å². The van der Waals surface area contributed by atoms with Gasteiger partial charge in [0.1, 0.15) is 0 Å². The van der Waals surface area contributed by atoms with E-state index < -0.39 is 5.41 Å². The minimum atomic E-state index is -0.577. The van der Waals surface area contributed by atoms with Crippen LogP contribution in [-0.2, 0) is 10.8 Å². The van der Waals surface area contributed by atoms with Crippen molar-refractivity contribution in [2.45, 2.75) is 31.6 Å². The largest absolute Gasteiger partial charge is 0.310 e. The molecule has 2 heteroatoms. The summed E-state index contributed by atoms with van der Waals surface area (Å²) in [5, 5.41) is 7.44. The Morgan fingerprint density at radius 3 is 1.19 bits per heavy atom. The fourth-order valence-electron chi connectivity index (χ4n) is 14.5. The number of rotatable bonds is 10. The summed E-state index contributed by atoms with van der Waals surface area (Å²) in [6, 6.07) is 115. The van der Waals surface area contributed by atoms with Crippen LogP contribution in [0.3, 0.4) is 0 Å². The van der Waals surface area contributed by atoms with Crippen molar-refractivity contribution >= 4 is 66.4 Å². The first-order valence-electron chi connectivity index (χ1n) is 29.7. The van der Waals surface area contributed by atoms with Crippen LogP contribution in [0.4, 0.5) is 34.1 Å². The summed E-state index contributed by atoms with van der Waals surface area (Å²) in [6.07, 6.45) is 0. The number of benzene rings is 14. The predicted octanol–water partition coefficient (Wildman–Crippen LogP) is 22.7. The van der Waals surface area contributed by atoms with Crippen molar-refractivity contribution in [1.82, 2.24) is 0 Å². The van der Waals surface area contributed by atoms with Gasteiger partial charge in [-0.25, -0.2) is 0 Å². The molecule has 0 spiro atoms. The molecular weight excluding hydrogens is 1020 g/mol. The standard InChI is InChI=1S/C83H60N2/c1-82(2)77-51-63(84(59-30-8-4-9-31-59)60-32-10-5-11-33-60)44-46-71(77)75-54-80-76(53-78(75)82)72-47-45-64(85(61-34-12-6-13-35-61)62-36-14-7-15-37-62)52-79(72)83(80,3)58-29-20-28-57(50-58)67-40-23-43-73-70(68-41-21-26-55-24-16-18-38-65(55)68)48-49-74(81(67)73)69-42-22-27-56-25-17-19-39-66(56)69/h4-54H,1-3H3. The second-order valence-electron chi connectivity index (χ2n) is 23.7. The maximum absolute atomic E-state index is 2.58. The molecule has 0 N–H and O–H groups in total. The summed E-state index contributed by atoms with van der Waals surface area (Å²) in [5.41, 5.74) is 24.9. The maximum Gasteiger partial charge on any atom is 0.0465 e. The number of hydrogen-bond acceptors (Lipinski definition) is 2. The molecule has 16 rings (SSSR count). The van der Waals surface area contributed by atoms with E-state index >= 15 is 0 Å². The van der Waals surface area contributed by atoms with Crippen molar-refractivity contribution in [3.8, 4) is 55.6 Å². The molecule has 2 aliphatic carbocycles. The first kappa shape index (κ1) is 50.2. The highest BCUT2D eigenvalue weighted by atomic mass is 15.1. The van der Waals surface area contributed by atoms with E-state index in [0.717, 1.165) is 34.1 Å². The van der Waals surface area contributed by atoms with E-state index in [2.05, 4.69) is 340 Å². The molecule has 0 aromatic heterocycles. The van der Waals surface area contributed by atoms with Crippen LogP contribution in [0.1, 0.15) is 48.6 Å². The molecule has 0 aliphatic heterocycles. The Labute approximate surface area is 497 Å². The SMILES string of the molecule is CC1(C)c2cc(N(c3ccccc3)c3ccccc3)ccc2-c2cc3c(cc21)-c1ccc(N(c2ccccc2)c2ccccc2)cc1C3(C)c1cccc(-c2cccc3c(-c4cccc5ccccc45)ccc(-c4cccc5ccccc45)c23)c1. The van der Waals surface area contributed by atoms with Gasteiger partial charge in [-0.1, -0.05) is 232 Å². The second-order valence-corrected chi connectivity index (χ2v) is 23.7. The molecule has 2 nitrogen and oxygen atoms in total. The first-order chi connectivity index (χ1) is 41.8. The third-order valence-electron chi connectivity index (χ3n) is 18.7. The summed E-state index contributed by atoms with van der Waals surface area (Å²) < 4.78 is 0. The quantitative estimate of drug-likeness (QED) is 0.135. The Bertz CT molecular complexity index is 4840. The van der Waals surface area contributed by atoms with Gasteiger partial charge in [0.15, 0.2) is 0 Å². The minimum absolute atomic E-state index is 0.285. The van der Waals surface area contributed by atoms with Gasteiger partial charge in [0.25, 0.3) is 0 Å². The summed E-state index contributed by atoms with van der Waals surface area (Å²) in [5.74, 6) is 0. The molecule has 0 heterocycles. The van der Waals surface area contributed by atoms with Gasteiger partial charge in [0.05, 0.1) is 0 Å². The van der Waals surface area contributed by atoms with Crippen LogP contribution in [0.25, 0.3) is 88.0 Å². The van der Waals surface area contributed by atoms with Gasteiger partial charge in [-0.2, -0.15) is 0 Å². The third-order valence-corrected chi connectivity index (χ3v) is 18.7. The molecule has 0 saturated carbocycles. The number of nitrogens with zero attached hydrogens (tertiary/aromatic N) is 2. The molecule has 0 fully saturated rings. The van der Waals surface area contributed by atoms with Crippen molar-refractivity contribution in [2.75, 3.05) is 9.80 Å². The Kier molecular flexibility index (Phi) is 11.7. The highest BCUT2D eigenvalue weighted by Crippen LogP contribution is 2.60. The lowest BCUT2D eigenvalue weighted by Gasteiger charge is -2.31. The monoisotopic (exact) mass is 1080 g/mol. The Morgan fingerprint density at radius 2 is 0.612 bits per heavy atom. The molecule has 402 valence electrons. The van der Waals surface area contributed by atoms with Crippen LogP contribution < -0.4 is 9.80 Å². The van der Waals surface area contributed by atoms with Crippen molar-refractivity contribution in [3.05, 3.63) is 337 Å². The minimum Gasteiger partial charge on any atom is -0.310 e. The normalized spacial score (nSPS) is 14.4. The number of anilines is 6. The molecule has 1 unspecified atom stereocenters. The maximum atomic E-state index is 2.58. The summed E-state index contributed by atoms with van der Waals surface area (Å²) in [6.45, 7) is 7.34. The van der Waals surface area contributed by atoms with E-state index in [-0.39, 0.29) is 5.41 Å². The molecule has 0 saturated heterocycles. The molecule has 0 radical (unpaired) electrons. The third kappa shape index (κ3) is 8.01. The summed E-state index contributed by atoms with van der Waals surface area (Å²) >= 11 is 0. The lowest BCUT2D eigenvalue weighted by atomic mass is 9.72. The highest BCUT2D eigenvalue weighted by Gasteiger charge is 2.45. The van der Waals surface area contributed by atoms with Gasteiger partial charge in [0.2, 0.25) is 0 Å². The molecule has 2 aliphatic rings. The summed E-state index contributed by atoms with van der Waals surface area (Å²) in [4.78, 5) is 4.79. The van der Waals surface area contributed by atoms with Gasteiger partial charge in [-0.3, -0.25) is 0 Å². The zero-order chi connectivity index (χ0) is 56.8. The first-order valence-corrected chi connectivity index (χ1v) is 29.7. The van der Waals surface area contributed by atoms with E-state index in [1.807, 2.05) is 0 Å². The van der Waals surface area contributed by atoms with Crippen molar-refractivity contribution in [2.24, 2.45) is 0 Å². The molecule has 14 aromatic rings. The van der Waals surface area contributed by atoms with Gasteiger partial charge in [0, 0.05) is 45.0 Å². The van der Waals surface area contributed by atoms with Crippen LogP contribution in [0.15, 0.2) is 309 Å². The predicted molar refractivity (Wildman–Crippen MR) is 360 cm³/mol. The van der Waals surface area contributed by atoms with E-state index in [1.165, 1.54) is 116 Å². The zero-order valence-electron chi connectivity index (χ0n) is 47.8. The lowest BCUT2D eigenvalue weighted by molar-refractivity contribution is 0.659. The lowest BCUT2D eigenvalue weighted by Crippen LogP contribution is -2.23. The second kappa shape index (κ2) is 19.8. The topological polar surface area (TPSA) is 6.48 Å².